The number of fused-ring (bicyclic) bond motifs is 3. The van der Waals surface area contributed by atoms with Gasteiger partial charge in [0.2, 0.25) is 0 Å². The van der Waals surface area contributed by atoms with Crippen LogP contribution in [-0.4, -0.2) is 37.6 Å². The summed E-state index contributed by atoms with van der Waals surface area (Å²) in [6.07, 6.45) is 9.02. The number of hydrogen-bond acceptors (Lipinski definition) is 5. The van der Waals surface area contributed by atoms with Gasteiger partial charge in [-0.25, -0.2) is 4.79 Å². The Morgan fingerprint density at radius 3 is 2.71 bits per heavy atom. The minimum Gasteiger partial charge on any atom is -0.462 e. The number of cyclic esters (lactones) is 1. The summed E-state index contributed by atoms with van der Waals surface area (Å²) in [6, 6.07) is 0. The van der Waals surface area contributed by atoms with Crippen molar-refractivity contribution in [3.05, 3.63) is 23.3 Å². The Balaban J connectivity index is 1.75. The number of hydrogen-bond donors (Lipinski definition) is 1. The van der Waals surface area contributed by atoms with Gasteiger partial charge in [0.1, 0.15) is 6.10 Å². The first kappa shape index (κ1) is 22.1. The van der Waals surface area contributed by atoms with E-state index in [0.717, 1.165) is 32.1 Å². The fraction of sp³-hybridized carbons (Fsp3) is 0.720. The summed E-state index contributed by atoms with van der Waals surface area (Å²) in [5.74, 6) is 0.765. The first-order valence-electron chi connectivity index (χ1n) is 11.7. The summed E-state index contributed by atoms with van der Waals surface area (Å²) in [5.41, 5.74) is 2.34. The molecule has 0 aromatic heterocycles. The van der Waals surface area contributed by atoms with Gasteiger partial charge < -0.3 is 14.8 Å². The zero-order chi connectivity index (χ0) is 22.4. The Morgan fingerprint density at radius 2 is 2.06 bits per heavy atom. The van der Waals surface area contributed by atoms with Gasteiger partial charge in [0.15, 0.2) is 5.78 Å². The van der Waals surface area contributed by atoms with Crippen molar-refractivity contribution >= 4 is 17.8 Å². The van der Waals surface area contributed by atoms with E-state index in [4.69, 9.17) is 9.47 Å². The number of carbonyl (C=O) groups excluding carboxylic acids is 3. The number of amides is 1. The lowest BCUT2D eigenvalue weighted by Crippen LogP contribution is -2.52. The summed E-state index contributed by atoms with van der Waals surface area (Å²) in [6.45, 7) is 7.09. The van der Waals surface area contributed by atoms with Crippen LogP contribution < -0.4 is 5.32 Å². The number of alkyl carbamates (subject to hydrolysis) is 1. The fourth-order valence-corrected chi connectivity index (χ4v) is 6.90. The average Bonchev–Trinajstić information content (AvgIpc) is 3.19. The van der Waals surface area contributed by atoms with Crippen LogP contribution >= 0.6 is 0 Å². The molecule has 1 aliphatic heterocycles. The highest BCUT2D eigenvalue weighted by Crippen LogP contribution is 2.62. The monoisotopic (exact) mass is 429 g/mol. The lowest BCUT2D eigenvalue weighted by atomic mass is 9.47. The lowest BCUT2D eigenvalue weighted by molar-refractivity contribution is -0.150. The molecule has 0 spiro atoms. The van der Waals surface area contributed by atoms with Crippen molar-refractivity contribution in [2.45, 2.75) is 71.8 Å². The maximum atomic E-state index is 12.2. The van der Waals surface area contributed by atoms with Crippen LogP contribution in [0.15, 0.2) is 23.3 Å². The molecule has 6 nitrogen and oxygen atoms in total. The van der Waals surface area contributed by atoms with E-state index in [1.54, 1.807) is 7.05 Å². The topological polar surface area (TPSA) is 81.7 Å². The third kappa shape index (κ3) is 3.62. The quantitative estimate of drug-likeness (QED) is 0.531. The molecule has 1 N–H and O–H groups in total. The van der Waals surface area contributed by atoms with Crippen LogP contribution in [0, 0.1) is 28.6 Å². The second-order valence-corrected chi connectivity index (χ2v) is 10.2. The number of allylic oxidation sites excluding steroid dienone is 4. The van der Waals surface area contributed by atoms with E-state index in [2.05, 4.69) is 32.2 Å². The van der Waals surface area contributed by atoms with Gasteiger partial charge in [-0.2, -0.15) is 0 Å². The molecule has 4 aliphatic rings. The number of nitrogens with one attached hydrogen (secondary N) is 1. The molecule has 1 saturated carbocycles. The van der Waals surface area contributed by atoms with Crippen molar-refractivity contribution in [3.63, 3.8) is 0 Å². The Hall–Kier alpha value is -2.11. The molecule has 2 fully saturated rings. The Bertz CT molecular complexity index is 845. The lowest BCUT2D eigenvalue weighted by Gasteiger charge is -2.57. The van der Waals surface area contributed by atoms with Gasteiger partial charge in [0.05, 0.1) is 6.61 Å². The number of rotatable bonds is 4. The van der Waals surface area contributed by atoms with E-state index in [0.29, 0.717) is 25.4 Å². The van der Waals surface area contributed by atoms with Crippen LogP contribution in [0.5, 0.6) is 0 Å². The molecule has 0 bridgehead atoms. The Morgan fingerprint density at radius 1 is 1.29 bits per heavy atom. The maximum absolute atomic E-state index is 12.2. The zero-order valence-electron chi connectivity index (χ0n) is 19.2. The molecule has 31 heavy (non-hydrogen) atoms. The van der Waals surface area contributed by atoms with Gasteiger partial charge in [-0.3, -0.25) is 9.59 Å². The standard InChI is InChI=1S/C25H35NO5/c1-5-18-22-15(14-30-23(29)26-4)12-16-13-17(27)8-10-24(16,2)19(22)9-11-25(18,3)20-6-7-21(28)31-20/h9,13,15,18,20,22H,5-8,10-12,14H2,1-4H3,(H,26,29)/t15-,18?,20?,22?,24-,25-/m0/s1. The average molecular weight is 430 g/mol. The second-order valence-electron chi connectivity index (χ2n) is 10.2. The molecule has 3 unspecified atom stereocenters. The molecule has 1 amide bonds. The number of carbonyl (C=O) groups is 3. The highest BCUT2D eigenvalue weighted by molar-refractivity contribution is 5.92. The van der Waals surface area contributed by atoms with E-state index in [-0.39, 0.29) is 40.5 Å². The number of esters is 1. The first-order valence-corrected chi connectivity index (χ1v) is 11.7. The Kier molecular flexibility index (Phi) is 5.78. The van der Waals surface area contributed by atoms with Crippen molar-refractivity contribution in [2.75, 3.05) is 13.7 Å². The molecule has 0 radical (unpaired) electrons. The van der Waals surface area contributed by atoms with Gasteiger partial charge in [0, 0.05) is 36.6 Å². The summed E-state index contributed by atoms with van der Waals surface area (Å²) in [5, 5.41) is 2.54. The van der Waals surface area contributed by atoms with Gasteiger partial charge >= 0.3 is 12.1 Å². The molecule has 4 rings (SSSR count). The smallest absolute Gasteiger partial charge is 0.406 e. The van der Waals surface area contributed by atoms with Crippen LogP contribution in [0.3, 0.4) is 0 Å². The predicted molar refractivity (Wildman–Crippen MR) is 116 cm³/mol. The summed E-state index contributed by atoms with van der Waals surface area (Å²) in [7, 11) is 1.56. The molecule has 3 aliphatic carbocycles. The minimum absolute atomic E-state index is 0.0686. The van der Waals surface area contributed by atoms with Crippen molar-refractivity contribution in [1.82, 2.24) is 5.32 Å². The van der Waals surface area contributed by atoms with Crippen LogP contribution in [0.2, 0.25) is 0 Å². The van der Waals surface area contributed by atoms with E-state index < -0.39 is 6.09 Å². The normalized spacial score (nSPS) is 39.6. The molecule has 6 atom stereocenters. The van der Waals surface area contributed by atoms with E-state index in [1.807, 2.05) is 6.08 Å². The van der Waals surface area contributed by atoms with E-state index in [1.165, 1.54) is 11.1 Å². The van der Waals surface area contributed by atoms with Crippen LogP contribution in [0.4, 0.5) is 4.79 Å². The zero-order valence-corrected chi connectivity index (χ0v) is 19.2. The second kappa shape index (κ2) is 8.10. The van der Waals surface area contributed by atoms with Crippen LogP contribution in [0.1, 0.15) is 65.7 Å². The van der Waals surface area contributed by atoms with Gasteiger partial charge in [0.25, 0.3) is 0 Å². The largest absolute Gasteiger partial charge is 0.462 e. The van der Waals surface area contributed by atoms with Crippen molar-refractivity contribution in [2.24, 2.45) is 28.6 Å². The van der Waals surface area contributed by atoms with Crippen LogP contribution in [0.25, 0.3) is 0 Å². The summed E-state index contributed by atoms with van der Waals surface area (Å²) in [4.78, 5) is 36.0. The molecule has 170 valence electrons. The first-order chi connectivity index (χ1) is 14.7. The van der Waals surface area contributed by atoms with Crippen molar-refractivity contribution in [3.8, 4) is 0 Å². The Labute approximate surface area is 184 Å². The molecular formula is C25H35NO5. The predicted octanol–water partition coefficient (Wildman–Crippen LogP) is 4.34. The molecule has 1 heterocycles. The number of ether oxygens (including phenoxy) is 2. The highest BCUT2D eigenvalue weighted by atomic mass is 16.6. The minimum atomic E-state index is -0.427. The molecule has 1 saturated heterocycles. The number of ketones is 1. The summed E-state index contributed by atoms with van der Waals surface area (Å²) >= 11 is 0. The SMILES string of the molecule is CCC1C2C(=CC[C@]1(C)C1CCC(=O)O1)[C@@]1(C)CCC(=O)C=C1C[C@H]2COC(=O)NC. The third-order valence-electron chi connectivity index (χ3n) is 8.64. The van der Waals surface area contributed by atoms with Gasteiger partial charge in [-0.1, -0.05) is 44.4 Å². The fourth-order valence-electron chi connectivity index (χ4n) is 6.90. The summed E-state index contributed by atoms with van der Waals surface area (Å²) < 4.78 is 11.3. The van der Waals surface area contributed by atoms with E-state index in [9.17, 15) is 14.4 Å². The highest BCUT2D eigenvalue weighted by Gasteiger charge is 2.57. The third-order valence-corrected chi connectivity index (χ3v) is 8.64. The van der Waals surface area contributed by atoms with E-state index >= 15 is 0 Å². The van der Waals surface area contributed by atoms with Crippen LogP contribution in [-0.2, 0) is 19.1 Å². The molecule has 6 heteroatoms. The molecule has 0 aromatic carbocycles. The molecular weight excluding hydrogens is 394 g/mol. The van der Waals surface area contributed by atoms with Crippen molar-refractivity contribution in [1.29, 1.82) is 0 Å². The molecule has 0 aromatic rings. The van der Waals surface area contributed by atoms with Gasteiger partial charge in [-0.05, 0) is 43.6 Å². The van der Waals surface area contributed by atoms with Gasteiger partial charge in [-0.15, -0.1) is 0 Å². The maximum Gasteiger partial charge on any atom is 0.406 e. The van der Waals surface area contributed by atoms with Crippen molar-refractivity contribution < 1.29 is 23.9 Å².